The summed E-state index contributed by atoms with van der Waals surface area (Å²) in [6.07, 6.45) is 0. The number of hydrogen-bond donors (Lipinski definition) is 2. The van der Waals surface area contributed by atoms with Crippen LogP contribution in [0.3, 0.4) is 0 Å². The summed E-state index contributed by atoms with van der Waals surface area (Å²) in [5.74, 6) is -1.41. The van der Waals surface area contributed by atoms with Gasteiger partial charge in [0, 0.05) is 6.07 Å². The molecule has 0 spiro atoms. The average molecular weight is 471 g/mol. The minimum Gasteiger partial charge on any atom is -0.497 e. The molecule has 0 saturated heterocycles. The van der Waals surface area contributed by atoms with Gasteiger partial charge >= 0.3 is 5.97 Å². The molecule has 3 rings (SSSR count). The van der Waals surface area contributed by atoms with Gasteiger partial charge in [-0.2, -0.15) is 0 Å². The number of benzene rings is 3. The standard InChI is InChI=1S/C23H22N2O7S/c1-31-16-12-13-21(32-2)20(14-16)25(33(29,30)17-8-4-3-5-9-17)15-22(26)24-19-11-7-6-10-18(19)23(27)28/h3-14H,15H2,1-2H3,(H,24,26)(H,27,28). The third-order valence-electron chi connectivity index (χ3n) is 4.70. The Hall–Kier alpha value is -4.05. The SMILES string of the molecule is COc1ccc(OC)c(N(CC(=O)Nc2ccccc2C(=O)O)S(=O)(=O)c2ccccc2)c1. The van der Waals surface area contributed by atoms with Crippen LogP contribution in [0, 0.1) is 0 Å². The van der Waals surface area contributed by atoms with Gasteiger partial charge in [-0.05, 0) is 36.4 Å². The highest BCUT2D eigenvalue weighted by Gasteiger charge is 2.30. The normalized spacial score (nSPS) is 10.8. The van der Waals surface area contributed by atoms with E-state index in [2.05, 4.69) is 5.32 Å². The van der Waals surface area contributed by atoms with Crippen molar-refractivity contribution in [2.45, 2.75) is 4.90 Å². The van der Waals surface area contributed by atoms with Crippen molar-refractivity contribution in [3.8, 4) is 11.5 Å². The van der Waals surface area contributed by atoms with Gasteiger partial charge in [-0.1, -0.05) is 30.3 Å². The Labute approximate surface area is 191 Å². The first-order valence-corrected chi connectivity index (χ1v) is 11.1. The number of sulfonamides is 1. The molecule has 0 fully saturated rings. The van der Waals surface area contributed by atoms with E-state index in [0.717, 1.165) is 4.31 Å². The van der Waals surface area contributed by atoms with Crippen molar-refractivity contribution in [2.24, 2.45) is 0 Å². The number of carboxylic acid groups (broad SMARTS) is 1. The van der Waals surface area contributed by atoms with Crippen LogP contribution in [0.4, 0.5) is 11.4 Å². The first-order valence-electron chi connectivity index (χ1n) is 9.70. The van der Waals surface area contributed by atoms with Crippen LogP contribution in [-0.4, -0.2) is 46.2 Å². The lowest BCUT2D eigenvalue weighted by molar-refractivity contribution is -0.114. The molecule has 0 aromatic heterocycles. The second-order valence-corrected chi connectivity index (χ2v) is 8.62. The average Bonchev–Trinajstić information content (AvgIpc) is 2.82. The molecule has 2 N–H and O–H groups in total. The number of anilines is 2. The van der Waals surface area contributed by atoms with Crippen LogP contribution in [-0.2, 0) is 14.8 Å². The number of carbonyl (C=O) groups excluding carboxylic acids is 1. The van der Waals surface area contributed by atoms with Gasteiger partial charge in [0.2, 0.25) is 5.91 Å². The molecule has 3 aromatic carbocycles. The molecular weight excluding hydrogens is 448 g/mol. The summed E-state index contributed by atoms with van der Waals surface area (Å²) < 4.78 is 38.5. The zero-order valence-electron chi connectivity index (χ0n) is 17.9. The molecule has 0 heterocycles. The molecule has 0 saturated carbocycles. The number of hydrogen-bond acceptors (Lipinski definition) is 6. The van der Waals surface area contributed by atoms with Crippen molar-refractivity contribution in [3.63, 3.8) is 0 Å². The van der Waals surface area contributed by atoms with Crippen molar-refractivity contribution in [1.82, 2.24) is 0 Å². The molecule has 172 valence electrons. The number of carboxylic acids is 1. The van der Waals surface area contributed by atoms with Crippen LogP contribution in [0.15, 0.2) is 77.7 Å². The molecule has 0 unspecified atom stereocenters. The molecule has 3 aromatic rings. The zero-order chi connectivity index (χ0) is 24.0. The number of amides is 1. The second kappa shape index (κ2) is 10.0. The fourth-order valence-electron chi connectivity index (χ4n) is 3.11. The van der Waals surface area contributed by atoms with Gasteiger partial charge in [-0.25, -0.2) is 13.2 Å². The number of ether oxygens (including phenoxy) is 2. The third-order valence-corrected chi connectivity index (χ3v) is 6.48. The predicted molar refractivity (Wildman–Crippen MR) is 123 cm³/mol. The Morgan fingerprint density at radius 2 is 1.61 bits per heavy atom. The van der Waals surface area contributed by atoms with Crippen molar-refractivity contribution < 1.29 is 32.6 Å². The van der Waals surface area contributed by atoms with Gasteiger partial charge in [0.25, 0.3) is 10.0 Å². The highest BCUT2D eigenvalue weighted by atomic mass is 32.2. The van der Waals surface area contributed by atoms with E-state index in [1.54, 1.807) is 30.3 Å². The molecule has 10 heteroatoms. The minimum absolute atomic E-state index is 0.0337. The third kappa shape index (κ3) is 5.24. The molecular formula is C23H22N2O7S. The summed E-state index contributed by atoms with van der Waals surface area (Å²) in [5.41, 5.74) is 0.00863. The monoisotopic (exact) mass is 470 g/mol. The number of para-hydroxylation sites is 1. The fraction of sp³-hybridized carbons (Fsp3) is 0.130. The van der Waals surface area contributed by atoms with E-state index in [1.165, 1.54) is 56.7 Å². The Morgan fingerprint density at radius 1 is 0.939 bits per heavy atom. The number of nitrogens with one attached hydrogen (secondary N) is 1. The Balaban J connectivity index is 2.06. The first-order chi connectivity index (χ1) is 15.8. The highest BCUT2D eigenvalue weighted by molar-refractivity contribution is 7.92. The molecule has 9 nitrogen and oxygen atoms in total. The van der Waals surface area contributed by atoms with Crippen molar-refractivity contribution >= 4 is 33.3 Å². The summed E-state index contributed by atoms with van der Waals surface area (Å²) in [6, 6.07) is 18.0. The van der Waals surface area contributed by atoms with Crippen molar-refractivity contribution in [2.75, 3.05) is 30.4 Å². The topological polar surface area (TPSA) is 122 Å². The zero-order valence-corrected chi connectivity index (χ0v) is 18.7. The molecule has 0 aliphatic heterocycles. The lowest BCUT2D eigenvalue weighted by Gasteiger charge is -2.26. The Morgan fingerprint density at radius 3 is 2.24 bits per heavy atom. The van der Waals surface area contributed by atoms with E-state index < -0.39 is 28.4 Å². The van der Waals surface area contributed by atoms with Gasteiger partial charge in [0.05, 0.1) is 36.1 Å². The van der Waals surface area contributed by atoms with Crippen molar-refractivity contribution in [3.05, 3.63) is 78.4 Å². The van der Waals surface area contributed by atoms with E-state index in [1.807, 2.05) is 0 Å². The molecule has 0 bridgehead atoms. The van der Waals surface area contributed by atoms with Crippen LogP contribution in [0.5, 0.6) is 11.5 Å². The number of nitrogens with zero attached hydrogens (tertiary/aromatic N) is 1. The first kappa shape index (κ1) is 23.6. The van der Waals surface area contributed by atoms with Gasteiger partial charge in [0.15, 0.2) is 0 Å². The maximum atomic E-state index is 13.5. The smallest absolute Gasteiger partial charge is 0.337 e. The fourth-order valence-corrected chi connectivity index (χ4v) is 4.55. The summed E-state index contributed by atoms with van der Waals surface area (Å²) in [7, 11) is -1.40. The van der Waals surface area contributed by atoms with E-state index >= 15 is 0 Å². The van der Waals surface area contributed by atoms with E-state index in [9.17, 15) is 23.1 Å². The van der Waals surface area contributed by atoms with Crippen LogP contribution in [0.25, 0.3) is 0 Å². The maximum Gasteiger partial charge on any atom is 0.337 e. The number of rotatable bonds is 9. The maximum absolute atomic E-state index is 13.5. The molecule has 0 atom stereocenters. The Bertz CT molecular complexity index is 1260. The summed E-state index contributed by atoms with van der Waals surface area (Å²) in [6.45, 7) is -0.644. The number of carbonyl (C=O) groups is 2. The number of methoxy groups -OCH3 is 2. The molecule has 0 aliphatic rings. The summed E-state index contributed by atoms with van der Waals surface area (Å²) >= 11 is 0. The van der Waals surface area contributed by atoms with Crippen molar-refractivity contribution in [1.29, 1.82) is 0 Å². The second-order valence-electron chi connectivity index (χ2n) is 6.76. The largest absolute Gasteiger partial charge is 0.497 e. The Kier molecular flexibility index (Phi) is 7.19. The molecule has 0 radical (unpaired) electrons. The lowest BCUT2D eigenvalue weighted by atomic mass is 10.2. The summed E-state index contributed by atoms with van der Waals surface area (Å²) in [5, 5.41) is 11.8. The quantitative estimate of drug-likeness (QED) is 0.492. The van der Waals surface area contributed by atoms with Gasteiger partial charge in [-0.3, -0.25) is 9.10 Å². The van der Waals surface area contributed by atoms with E-state index in [4.69, 9.17) is 9.47 Å². The molecule has 33 heavy (non-hydrogen) atoms. The van der Waals surface area contributed by atoms with Gasteiger partial charge in [-0.15, -0.1) is 0 Å². The lowest BCUT2D eigenvalue weighted by Crippen LogP contribution is -2.38. The van der Waals surface area contributed by atoms with Crippen LogP contribution in [0.2, 0.25) is 0 Å². The van der Waals surface area contributed by atoms with Crippen LogP contribution >= 0.6 is 0 Å². The number of aromatic carboxylic acids is 1. The minimum atomic E-state index is -4.20. The summed E-state index contributed by atoms with van der Waals surface area (Å²) in [4.78, 5) is 24.3. The van der Waals surface area contributed by atoms with Crippen LogP contribution < -0.4 is 19.1 Å². The van der Waals surface area contributed by atoms with Gasteiger partial charge in [0.1, 0.15) is 18.0 Å². The van der Waals surface area contributed by atoms with E-state index in [-0.39, 0.29) is 27.6 Å². The molecule has 1 amide bonds. The van der Waals surface area contributed by atoms with Crippen LogP contribution in [0.1, 0.15) is 10.4 Å². The van der Waals surface area contributed by atoms with Gasteiger partial charge < -0.3 is 19.9 Å². The predicted octanol–water partition coefficient (Wildman–Crippen LogP) is 3.24. The highest BCUT2D eigenvalue weighted by Crippen LogP contribution is 2.35. The van der Waals surface area contributed by atoms with E-state index in [0.29, 0.717) is 5.75 Å². The molecule has 0 aliphatic carbocycles.